The SMILES string of the molecule is [CH2]Cc1cccc(NS(=O)(=O)c2ccccc2)c1. The largest absolute Gasteiger partial charge is 0.280 e. The molecule has 0 atom stereocenters. The fourth-order valence-electron chi connectivity index (χ4n) is 1.60. The molecule has 0 heterocycles. The van der Waals surface area contributed by atoms with E-state index in [4.69, 9.17) is 0 Å². The lowest BCUT2D eigenvalue weighted by Gasteiger charge is -2.08. The summed E-state index contributed by atoms with van der Waals surface area (Å²) in [4.78, 5) is 0.255. The van der Waals surface area contributed by atoms with Crippen LogP contribution >= 0.6 is 0 Å². The van der Waals surface area contributed by atoms with Gasteiger partial charge >= 0.3 is 0 Å². The quantitative estimate of drug-likeness (QED) is 0.918. The topological polar surface area (TPSA) is 46.2 Å². The molecule has 0 aliphatic heterocycles. The van der Waals surface area contributed by atoms with Gasteiger partial charge in [-0.15, -0.1) is 0 Å². The van der Waals surface area contributed by atoms with E-state index >= 15 is 0 Å². The van der Waals surface area contributed by atoms with E-state index in [0.29, 0.717) is 12.1 Å². The van der Waals surface area contributed by atoms with Gasteiger partial charge in [-0.05, 0) is 43.2 Å². The number of hydrogen-bond acceptors (Lipinski definition) is 2. The molecule has 0 bridgehead atoms. The van der Waals surface area contributed by atoms with E-state index < -0.39 is 10.0 Å². The van der Waals surface area contributed by atoms with Gasteiger partial charge in [0.1, 0.15) is 0 Å². The third-order valence-electron chi connectivity index (χ3n) is 2.52. The summed E-state index contributed by atoms with van der Waals surface area (Å²) in [6.45, 7) is 3.77. The Morgan fingerprint density at radius 1 is 1.00 bits per heavy atom. The van der Waals surface area contributed by atoms with Crippen LogP contribution in [0.25, 0.3) is 0 Å². The lowest BCUT2D eigenvalue weighted by atomic mass is 10.1. The molecule has 93 valence electrons. The molecule has 0 unspecified atom stereocenters. The molecule has 2 aromatic carbocycles. The maximum Gasteiger partial charge on any atom is 0.261 e. The summed E-state index contributed by atoms with van der Waals surface area (Å²) in [7, 11) is -3.51. The smallest absolute Gasteiger partial charge is 0.261 e. The van der Waals surface area contributed by atoms with E-state index in [2.05, 4.69) is 11.6 Å². The summed E-state index contributed by atoms with van der Waals surface area (Å²) >= 11 is 0. The lowest BCUT2D eigenvalue weighted by molar-refractivity contribution is 0.601. The predicted octanol–water partition coefficient (Wildman–Crippen LogP) is 2.86. The van der Waals surface area contributed by atoms with E-state index in [-0.39, 0.29) is 4.90 Å². The second-order valence-corrected chi connectivity index (χ2v) is 5.55. The van der Waals surface area contributed by atoms with E-state index in [9.17, 15) is 8.42 Å². The van der Waals surface area contributed by atoms with E-state index in [1.54, 1.807) is 42.5 Å². The van der Waals surface area contributed by atoms with Crippen LogP contribution in [0, 0.1) is 6.92 Å². The minimum Gasteiger partial charge on any atom is -0.280 e. The van der Waals surface area contributed by atoms with Crippen molar-refractivity contribution in [3.8, 4) is 0 Å². The minimum absolute atomic E-state index is 0.255. The second kappa shape index (κ2) is 5.23. The Hall–Kier alpha value is -1.81. The summed E-state index contributed by atoms with van der Waals surface area (Å²) in [6.07, 6.45) is 0.626. The van der Waals surface area contributed by atoms with Crippen molar-refractivity contribution in [1.29, 1.82) is 0 Å². The number of hydrogen-bond donors (Lipinski definition) is 1. The maximum atomic E-state index is 12.1. The molecule has 0 aliphatic carbocycles. The van der Waals surface area contributed by atoms with Crippen LogP contribution < -0.4 is 4.72 Å². The summed E-state index contributed by atoms with van der Waals surface area (Å²) in [5.74, 6) is 0. The average molecular weight is 260 g/mol. The van der Waals surface area contributed by atoms with Gasteiger partial charge in [0.25, 0.3) is 10.0 Å². The molecule has 1 N–H and O–H groups in total. The lowest BCUT2D eigenvalue weighted by Crippen LogP contribution is -2.12. The van der Waals surface area contributed by atoms with Crippen molar-refractivity contribution in [2.75, 3.05) is 4.72 Å². The van der Waals surface area contributed by atoms with Crippen molar-refractivity contribution < 1.29 is 8.42 Å². The molecule has 0 saturated heterocycles. The first-order chi connectivity index (χ1) is 8.62. The first kappa shape index (κ1) is 12.6. The Bertz CT molecular complexity index is 621. The van der Waals surface area contributed by atoms with Crippen LogP contribution in [-0.4, -0.2) is 8.42 Å². The zero-order valence-electron chi connectivity index (χ0n) is 9.84. The Morgan fingerprint density at radius 3 is 2.39 bits per heavy atom. The van der Waals surface area contributed by atoms with Crippen LogP contribution in [0.1, 0.15) is 5.56 Å². The molecule has 0 aliphatic rings. The second-order valence-electron chi connectivity index (χ2n) is 3.87. The summed E-state index contributed by atoms with van der Waals surface area (Å²) in [5, 5.41) is 0. The van der Waals surface area contributed by atoms with Gasteiger partial charge in [-0.25, -0.2) is 8.42 Å². The maximum absolute atomic E-state index is 12.1. The van der Waals surface area contributed by atoms with E-state index in [1.807, 2.05) is 12.1 Å². The molecule has 0 spiro atoms. The van der Waals surface area contributed by atoms with Gasteiger partial charge in [-0.1, -0.05) is 30.3 Å². The first-order valence-electron chi connectivity index (χ1n) is 5.58. The molecule has 3 nitrogen and oxygen atoms in total. The van der Waals surface area contributed by atoms with Crippen molar-refractivity contribution in [1.82, 2.24) is 0 Å². The van der Waals surface area contributed by atoms with Gasteiger partial charge in [0.2, 0.25) is 0 Å². The third kappa shape index (κ3) is 2.90. The highest BCUT2D eigenvalue weighted by Crippen LogP contribution is 2.17. The van der Waals surface area contributed by atoms with Crippen LogP contribution in [0.15, 0.2) is 59.5 Å². The fraction of sp³-hybridized carbons (Fsp3) is 0.0714. The Kier molecular flexibility index (Phi) is 3.67. The summed E-state index contributed by atoms with van der Waals surface area (Å²) in [5.41, 5.74) is 1.54. The highest BCUT2D eigenvalue weighted by atomic mass is 32.2. The van der Waals surface area contributed by atoms with Gasteiger partial charge in [0.15, 0.2) is 0 Å². The molecule has 0 amide bonds. The molecule has 0 saturated carbocycles. The molecule has 1 radical (unpaired) electrons. The normalized spacial score (nSPS) is 11.2. The highest BCUT2D eigenvalue weighted by Gasteiger charge is 2.13. The van der Waals surface area contributed by atoms with E-state index in [1.165, 1.54) is 0 Å². The van der Waals surface area contributed by atoms with Crippen LogP contribution in [-0.2, 0) is 16.4 Å². The van der Waals surface area contributed by atoms with Crippen LogP contribution in [0.4, 0.5) is 5.69 Å². The zero-order valence-corrected chi connectivity index (χ0v) is 10.7. The molecule has 2 aromatic rings. The van der Waals surface area contributed by atoms with Gasteiger partial charge in [0, 0.05) is 5.69 Å². The molecular formula is C14H14NO2S. The standard InChI is InChI=1S/C14H14NO2S/c1-2-12-7-6-8-13(11-12)15-18(16,17)14-9-4-3-5-10-14/h3-11,15H,1-2H2. The van der Waals surface area contributed by atoms with Crippen molar-refractivity contribution in [3.63, 3.8) is 0 Å². The molecule has 0 aromatic heterocycles. The van der Waals surface area contributed by atoms with Crippen LogP contribution in [0.3, 0.4) is 0 Å². The van der Waals surface area contributed by atoms with Crippen LogP contribution in [0.5, 0.6) is 0 Å². The predicted molar refractivity (Wildman–Crippen MR) is 72.8 cm³/mol. The van der Waals surface area contributed by atoms with Gasteiger partial charge < -0.3 is 0 Å². The average Bonchev–Trinajstić information content (AvgIpc) is 2.39. The Morgan fingerprint density at radius 2 is 1.72 bits per heavy atom. The van der Waals surface area contributed by atoms with Crippen molar-refractivity contribution >= 4 is 15.7 Å². The molecule has 4 heteroatoms. The minimum atomic E-state index is -3.51. The number of nitrogens with one attached hydrogen (secondary N) is 1. The highest BCUT2D eigenvalue weighted by molar-refractivity contribution is 7.92. The fourth-order valence-corrected chi connectivity index (χ4v) is 2.67. The zero-order chi connectivity index (χ0) is 13.0. The van der Waals surface area contributed by atoms with Gasteiger partial charge in [0.05, 0.1) is 4.90 Å². The Labute approximate surface area is 108 Å². The number of benzene rings is 2. The van der Waals surface area contributed by atoms with Crippen molar-refractivity contribution in [2.45, 2.75) is 11.3 Å². The summed E-state index contributed by atoms with van der Waals surface area (Å²) < 4.78 is 26.7. The molecule has 2 rings (SSSR count). The summed E-state index contributed by atoms with van der Waals surface area (Å²) in [6, 6.07) is 15.5. The number of anilines is 1. The van der Waals surface area contributed by atoms with E-state index in [0.717, 1.165) is 5.56 Å². The molecule has 0 fully saturated rings. The Balaban J connectivity index is 2.28. The van der Waals surface area contributed by atoms with Gasteiger partial charge in [-0.2, -0.15) is 0 Å². The van der Waals surface area contributed by atoms with Gasteiger partial charge in [-0.3, -0.25) is 4.72 Å². The monoisotopic (exact) mass is 260 g/mol. The number of sulfonamides is 1. The number of rotatable bonds is 4. The third-order valence-corrected chi connectivity index (χ3v) is 3.92. The van der Waals surface area contributed by atoms with Crippen molar-refractivity contribution in [2.24, 2.45) is 0 Å². The van der Waals surface area contributed by atoms with Crippen molar-refractivity contribution in [3.05, 3.63) is 67.1 Å². The molecule has 18 heavy (non-hydrogen) atoms. The first-order valence-corrected chi connectivity index (χ1v) is 7.06. The van der Waals surface area contributed by atoms with Crippen LogP contribution in [0.2, 0.25) is 0 Å². The molecular weight excluding hydrogens is 246 g/mol.